The summed E-state index contributed by atoms with van der Waals surface area (Å²) in [4.78, 5) is 0. The van der Waals surface area contributed by atoms with Gasteiger partial charge in [-0.05, 0) is 17.7 Å². The zero-order chi connectivity index (χ0) is 20.6. The highest BCUT2D eigenvalue weighted by Crippen LogP contribution is 2.40. The molecule has 0 aliphatic heterocycles. The molecule has 0 bridgehead atoms. The summed E-state index contributed by atoms with van der Waals surface area (Å²) in [6.45, 7) is 0.571. The van der Waals surface area contributed by atoms with E-state index in [9.17, 15) is 0 Å². The van der Waals surface area contributed by atoms with E-state index in [2.05, 4.69) is 23.5 Å². The van der Waals surface area contributed by atoms with Crippen LogP contribution in [0.4, 0.5) is 0 Å². The number of ether oxygens (including phenoxy) is 4. The topological polar surface area (TPSA) is 49.0 Å². The van der Waals surface area contributed by atoms with Gasteiger partial charge in [0.25, 0.3) is 0 Å². The quantitative estimate of drug-likeness (QED) is 0.576. The van der Waals surface area contributed by atoms with E-state index in [0.717, 1.165) is 22.4 Å². The number of hydrogen-bond donors (Lipinski definition) is 1. The standard InChI is InChI=1S/C24H27NO4/c1-26-20-13-9-8-12-19(20)22(17-10-6-5-7-11-17)25-16-18-14-15-21(27-2)24(29-4)23(18)28-3/h5-15,22,25H,16H2,1-4H3. The Morgan fingerprint density at radius 2 is 1.31 bits per heavy atom. The Bertz CT molecular complexity index is 927. The van der Waals surface area contributed by atoms with Gasteiger partial charge in [-0.15, -0.1) is 0 Å². The average Bonchev–Trinajstić information content (AvgIpc) is 2.79. The number of nitrogens with one attached hydrogen (secondary N) is 1. The Hall–Kier alpha value is -3.18. The molecule has 3 rings (SSSR count). The van der Waals surface area contributed by atoms with E-state index in [1.165, 1.54) is 0 Å². The maximum Gasteiger partial charge on any atom is 0.203 e. The van der Waals surface area contributed by atoms with Crippen LogP contribution in [0.2, 0.25) is 0 Å². The van der Waals surface area contributed by atoms with Gasteiger partial charge in [0.05, 0.1) is 34.5 Å². The third-order valence-electron chi connectivity index (χ3n) is 4.87. The van der Waals surface area contributed by atoms with Crippen LogP contribution in [0.15, 0.2) is 66.7 Å². The van der Waals surface area contributed by atoms with E-state index < -0.39 is 0 Å². The molecular weight excluding hydrogens is 366 g/mol. The third kappa shape index (κ3) is 4.46. The lowest BCUT2D eigenvalue weighted by Crippen LogP contribution is -2.23. The summed E-state index contributed by atoms with van der Waals surface area (Å²) in [7, 11) is 6.55. The van der Waals surface area contributed by atoms with Gasteiger partial charge in [0.2, 0.25) is 5.75 Å². The van der Waals surface area contributed by atoms with Crippen LogP contribution in [0.1, 0.15) is 22.7 Å². The summed E-state index contributed by atoms with van der Waals surface area (Å²) in [5.41, 5.74) is 3.19. The minimum Gasteiger partial charge on any atom is -0.496 e. The SMILES string of the molecule is COc1ccccc1C(NCc1ccc(OC)c(OC)c1OC)c1ccccc1. The van der Waals surface area contributed by atoms with Crippen molar-refractivity contribution in [2.45, 2.75) is 12.6 Å². The molecule has 0 spiro atoms. The van der Waals surface area contributed by atoms with E-state index in [1.807, 2.05) is 48.5 Å². The Balaban J connectivity index is 1.96. The molecule has 29 heavy (non-hydrogen) atoms. The maximum absolute atomic E-state index is 5.63. The zero-order valence-electron chi connectivity index (χ0n) is 17.3. The number of hydrogen-bond acceptors (Lipinski definition) is 5. The van der Waals surface area contributed by atoms with Crippen LogP contribution in [-0.4, -0.2) is 28.4 Å². The van der Waals surface area contributed by atoms with Crippen molar-refractivity contribution in [3.05, 3.63) is 83.4 Å². The van der Waals surface area contributed by atoms with Crippen molar-refractivity contribution in [1.29, 1.82) is 0 Å². The van der Waals surface area contributed by atoms with E-state index in [4.69, 9.17) is 18.9 Å². The molecule has 1 N–H and O–H groups in total. The number of rotatable bonds is 9. The fraction of sp³-hybridized carbons (Fsp3) is 0.250. The second-order valence-corrected chi connectivity index (χ2v) is 6.46. The molecule has 152 valence electrons. The lowest BCUT2D eigenvalue weighted by atomic mass is 9.97. The summed E-state index contributed by atoms with van der Waals surface area (Å²) in [5.74, 6) is 2.72. The van der Waals surface area contributed by atoms with Gasteiger partial charge in [-0.1, -0.05) is 54.6 Å². The smallest absolute Gasteiger partial charge is 0.203 e. The Morgan fingerprint density at radius 1 is 0.655 bits per heavy atom. The monoisotopic (exact) mass is 393 g/mol. The van der Waals surface area contributed by atoms with Crippen LogP contribution in [0.3, 0.4) is 0 Å². The summed E-state index contributed by atoms with van der Waals surface area (Å²) >= 11 is 0. The zero-order valence-corrected chi connectivity index (χ0v) is 17.3. The van der Waals surface area contributed by atoms with Gasteiger partial charge in [0.1, 0.15) is 5.75 Å². The molecule has 3 aromatic rings. The van der Waals surface area contributed by atoms with Gasteiger partial charge in [-0.25, -0.2) is 0 Å². The first-order valence-electron chi connectivity index (χ1n) is 9.42. The molecule has 0 saturated heterocycles. The van der Waals surface area contributed by atoms with E-state index in [-0.39, 0.29) is 6.04 Å². The molecule has 0 heterocycles. The Labute approximate surface area is 172 Å². The van der Waals surface area contributed by atoms with Crippen molar-refractivity contribution in [2.75, 3.05) is 28.4 Å². The molecule has 5 nitrogen and oxygen atoms in total. The minimum atomic E-state index is -0.0508. The van der Waals surface area contributed by atoms with Gasteiger partial charge in [0, 0.05) is 17.7 Å². The van der Waals surface area contributed by atoms with E-state index in [0.29, 0.717) is 23.8 Å². The highest BCUT2D eigenvalue weighted by Gasteiger charge is 2.20. The molecule has 0 aliphatic carbocycles. The van der Waals surface area contributed by atoms with Gasteiger partial charge < -0.3 is 24.3 Å². The number of benzene rings is 3. The molecule has 0 aromatic heterocycles. The second-order valence-electron chi connectivity index (χ2n) is 6.46. The molecule has 1 unspecified atom stereocenters. The molecule has 0 radical (unpaired) electrons. The first-order chi connectivity index (χ1) is 14.2. The first-order valence-corrected chi connectivity index (χ1v) is 9.42. The van der Waals surface area contributed by atoms with E-state index in [1.54, 1.807) is 28.4 Å². The molecule has 1 atom stereocenters. The number of methoxy groups -OCH3 is 4. The van der Waals surface area contributed by atoms with Gasteiger partial charge >= 0.3 is 0 Å². The summed E-state index contributed by atoms with van der Waals surface area (Å²) in [6, 6.07) is 22.2. The summed E-state index contributed by atoms with van der Waals surface area (Å²) in [5, 5.41) is 3.65. The van der Waals surface area contributed by atoms with Crippen LogP contribution in [0.5, 0.6) is 23.0 Å². The Kier molecular flexibility index (Phi) is 6.98. The molecule has 0 amide bonds. The highest BCUT2D eigenvalue weighted by molar-refractivity contribution is 5.56. The molecule has 0 saturated carbocycles. The van der Waals surface area contributed by atoms with Crippen LogP contribution in [0, 0.1) is 0 Å². The highest BCUT2D eigenvalue weighted by atomic mass is 16.5. The fourth-order valence-electron chi connectivity index (χ4n) is 3.47. The second kappa shape index (κ2) is 9.85. The molecular formula is C24H27NO4. The predicted molar refractivity (Wildman–Crippen MR) is 114 cm³/mol. The van der Waals surface area contributed by atoms with Gasteiger partial charge in [-0.2, -0.15) is 0 Å². The van der Waals surface area contributed by atoms with Gasteiger partial charge in [0.15, 0.2) is 11.5 Å². The maximum atomic E-state index is 5.63. The van der Waals surface area contributed by atoms with Crippen LogP contribution >= 0.6 is 0 Å². The molecule has 0 fully saturated rings. The van der Waals surface area contributed by atoms with Crippen LogP contribution in [0.25, 0.3) is 0 Å². The van der Waals surface area contributed by atoms with Crippen LogP contribution in [-0.2, 0) is 6.54 Å². The van der Waals surface area contributed by atoms with Crippen LogP contribution < -0.4 is 24.3 Å². The largest absolute Gasteiger partial charge is 0.496 e. The van der Waals surface area contributed by atoms with Crippen molar-refractivity contribution in [3.8, 4) is 23.0 Å². The lowest BCUT2D eigenvalue weighted by Gasteiger charge is -2.23. The molecule has 3 aromatic carbocycles. The lowest BCUT2D eigenvalue weighted by molar-refractivity contribution is 0.321. The number of para-hydroxylation sites is 1. The normalized spacial score (nSPS) is 11.6. The predicted octanol–water partition coefficient (Wildman–Crippen LogP) is 4.60. The third-order valence-corrected chi connectivity index (χ3v) is 4.87. The van der Waals surface area contributed by atoms with Crippen molar-refractivity contribution in [1.82, 2.24) is 5.32 Å². The molecule has 0 aliphatic rings. The summed E-state index contributed by atoms with van der Waals surface area (Å²) in [6.07, 6.45) is 0. The van der Waals surface area contributed by atoms with Crippen molar-refractivity contribution < 1.29 is 18.9 Å². The van der Waals surface area contributed by atoms with Crippen molar-refractivity contribution in [3.63, 3.8) is 0 Å². The van der Waals surface area contributed by atoms with E-state index >= 15 is 0 Å². The van der Waals surface area contributed by atoms with Crippen molar-refractivity contribution in [2.24, 2.45) is 0 Å². The fourth-order valence-corrected chi connectivity index (χ4v) is 3.47. The summed E-state index contributed by atoms with van der Waals surface area (Å²) < 4.78 is 22.1. The Morgan fingerprint density at radius 3 is 1.97 bits per heavy atom. The van der Waals surface area contributed by atoms with Gasteiger partial charge in [-0.3, -0.25) is 0 Å². The average molecular weight is 393 g/mol. The first kappa shape index (κ1) is 20.6. The molecule has 5 heteroatoms. The minimum absolute atomic E-state index is 0.0508. The van der Waals surface area contributed by atoms with Crippen molar-refractivity contribution >= 4 is 0 Å².